The van der Waals surface area contributed by atoms with Gasteiger partial charge in [-0.1, -0.05) is 47.6 Å². The topological polar surface area (TPSA) is 99.9 Å². The molecule has 0 saturated heterocycles. The molecule has 0 aliphatic heterocycles. The van der Waals surface area contributed by atoms with Gasteiger partial charge in [0, 0.05) is 17.2 Å². The summed E-state index contributed by atoms with van der Waals surface area (Å²) in [7, 11) is 3.00. The summed E-state index contributed by atoms with van der Waals surface area (Å²) in [5.41, 5.74) is 1.36. The summed E-state index contributed by atoms with van der Waals surface area (Å²) in [5, 5.41) is 6.37. The van der Waals surface area contributed by atoms with E-state index in [0.29, 0.717) is 28.4 Å². The molecular weight excluding hydrogens is 412 g/mol. The van der Waals surface area contributed by atoms with E-state index in [2.05, 4.69) is 10.5 Å². The number of methoxy groups -OCH3 is 2. The predicted molar refractivity (Wildman–Crippen MR) is 119 cm³/mol. The van der Waals surface area contributed by atoms with Crippen LogP contribution in [0.4, 0.5) is 5.82 Å². The number of nitrogens with zero attached hydrogens (tertiary/aromatic N) is 1. The van der Waals surface area contributed by atoms with Crippen LogP contribution in [0.3, 0.4) is 0 Å². The maximum Gasteiger partial charge on any atom is 0.339 e. The average Bonchev–Trinajstić information content (AvgIpc) is 3.21. The van der Waals surface area contributed by atoms with Gasteiger partial charge in [-0.05, 0) is 26.0 Å². The van der Waals surface area contributed by atoms with E-state index in [4.69, 9.17) is 18.7 Å². The van der Waals surface area contributed by atoms with E-state index in [0.717, 1.165) is 0 Å². The van der Waals surface area contributed by atoms with Crippen molar-refractivity contribution in [2.75, 3.05) is 19.5 Å². The van der Waals surface area contributed by atoms with Crippen LogP contribution in [-0.4, -0.2) is 31.3 Å². The van der Waals surface area contributed by atoms with Crippen LogP contribution < -0.4 is 14.8 Å². The molecule has 166 valence electrons. The van der Waals surface area contributed by atoms with E-state index in [1.54, 1.807) is 55.5 Å². The zero-order valence-corrected chi connectivity index (χ0v) is 18.2. The van der Waals surface area contributed by atoms with Crippen molar-refractivity contribution in [3.8, 4) is 11.5 Å². The number of carbonyl (C=O) groups is 2. The minimum absolute atomic E-state index is 0.210. The summed E-state index contributed by atoms with van der Waals surface area (Å²) in [6.07, 6.45) is 2.39. The second-order valence-electron chi connectivity index (χ2n) is 6.81. The van der Waals surface area contributed by atoms with E-state index in [1.165, 1.54) is 20.3 Å². The lowest BCUT2D eigenvalue weighted by atomic mass is 10.1. The highest BCUT2D eigenvalue weighted by Crippen LogP contribution is 2.34. The largest absolute Gasteiger partial charge is 0.493 e. The van der Waals surface area contributed by atoms with Gasteiger partial charge in [0.05, 0.1) is 19.8 Å². The molecule has 0 saturated carbocycles. The summed E-state index contributed by atoms with van der Waals surface area (Å²) in [5.74, 6) is 0.361. The van der Waals surface area contributed by atoms with Crippen molar-refractivity contribution in [3.63, 3.8) is 0 Å². The Labute approximate surface area is 185 Å². The lowest BCUT2D eigenvalue weighted by Crippen LogP contribution is -2.26. The molecule has 0 radical (unpaired) electrons. The van der Waals surface area contributed by atoms with Gasteiger partial charge in [-0.25, -0.2) is 4.79 Å². The fourth-order valence-corrected chi connectivity index (χ4v) is 3.11. The normalized spacial score (nSPS) is 11.8. The van der Waals surface area contributed by atoms with E-state index >= 15 is 0 Å². The van der Waals surface area contributed by atoms with E-state index in [1.807, 2.05) is 13.0 Å². The number of benzene rings is 2. The molecule has 0 bridgehead atoms. The van der Waals surface area contributed by atoms with E-state index in [-0.39, 0.29) is 11.4 Å². The number of aryl methyl sites for hydroxylation is 1. The summed E-state index contributed by atoms with van der Waals surface area (Å²) in [6, 6.07) is 13.4. The Hall–Kier alpha value is -4.07. The van der Waals surface area contributed by atoms with Crippen molar-refractivity contribution in [3.05, 3.63) is 77.1 Å². The Kier molecular flexibility index (Phi) is 7.28. The van der Waals surface area contributed by atoms with Crippen molar-refractivity contribution in [1.29, 1.82) is 0 Å². The fourth-order valence-electron chi connectivity index (χ4n) is 3.11. The quantitative estimate of drug-likeness (QED) is 0.516. The molecule has 32 heavy (non-hydrogen) atoms. The first kappa shape index (κ1) is 22.6. The van der Waals surface area contributed by atoms with Crippen LogP contribution in [0, 0.1) is 6.92 Å². The second kappa shape index (κ2) is 10.3. The molecule has 1 amide bonds. The minimum Gasteiger partial charge on any atom is -0.493 e. The molecular formula is C24H24N2O6. The van der Waals surface area contributed by atoms with Gasteiger partial charge in [0.25, 0.3) is 5.91 Å². The third-order valence-corrected chi connectivity index (χ3v) is 4.53. The third kappa shape index (κ3) is 5.15. The van der Waals surface area contributed by atoms with Crippen LogP contribution in [0.2, 0.25) is 0 Å². The van der Waals surface area contributed by atoms with Crippen LogP contribution in [0.5, 0.6) is 11.5 Å². The average molecular weight is 436 g/mol. The van der Waals surface area contributed by atoms with Crippen LogP contribution in [0.25, 0.3) is 6.08 Å². The molecule has 0 spiro atoms. The number of aromatic nitrogens is 1. The number of anilines is 1. The Bertz CT molecular complexity index is 1120. The van der Waals surface area contributed by atoms with Crippen molar-refractivity contribution in [1.82, 2.24) is 5.16 Å². The number of amides is 1. The summed E-state index contributed by atoms with van der Waals surface area (Å²) >= 11 is 0. The van der Waals surface area contributed by atoms with Gasteiger partial charge < -0.3 is 24.1 Å². The van der Waals surface area contributed by atoms with Crippen LogP contribution >= 0.6 is 0 Å². The highest BCUT2D eigenvalue weighted by atomic mass is 16.5. The number of rotatable bonds is 8. The van der Waals surface area contributed by atoms with Gasteiger partial charge in [-0.2, -0.15) is 0 Å². The number of nitrogens with one attached hydrogen (secondary N) is 1. The van der Waals surface area contributed by atoms with E-state index in [9.17, 15) is 9.59 Å². The highest BCUT2D eigenvalue weighted by Gasteiger charge is 2.27. The highest BCUT2D eigenvalue weighted by molar-refractivity contribution is 5.98. The van der Waals surface area contributed by atoms with Gasteiger partial charge in [-0.3, -0.25) is 4.79 Å². The van der Waals surface area contributed by atoms with Crippen LogP contribution in [0.1, 0.15) is 40.3 Å². The SMILES string of the molecule is C/C=C\c1cc(C(=O)O[C@@H](C(=O)Nc2cc(C)on2)c2ccccc2)cc(OC)c1OC. The monoisotopic (exact) mass is 436 g/mol. The maximum absolute atomic E-state index is 13.1. The van der Waals surface area contributed by atoms with Gasteiger partial charge in [-0.15, -0.1) is 0 Å². The van der Waals surface area contributed by atoms with Crippen molar-refractivity contribution in [2.24, 2.45) is 0 Å². The molecule has 1 N–H and O–H groups in total. The van der Waals surface area contributed by atoms with Crippen LogP contribution in [0.15, 0.2) is 59.1 Å². The third-order valence-electron chi connectivity index (χ3n) is 4.53. The summed E-state index contributed by atoms with van der Waals surface area (Å²) in [6.45, 7) is 3.55. The van der Waals surface area contributed by atoms with Crippen LogP contribution in [-0.2, 0) is 9.53 Å². The number of ether oxygens (including phenoxy) is 3. The number of hydrogen-bond acceptors (Lipinski definition) is 7. The maximum atomic E-state index is 13.1. The minimum atomic E-state index is -1.21. The molecule has 0 aliphatic carbocycles. The first-order valence-electron chi connectivity index (χ1n) is 9.85. The van der Waals surface area contributed by atoms with Gasteiger partial charge in [0.1, 0.15) is 5.76 Å². The Balaban J connectivity index is 1.93. The first-order chi connectivity index (χ1) is 15.5. The van der Waals surface area contributed by atoms with E-state index < -0.39 is 18.0 Å². The molecule has 1 aromatic heterocycles. The van der Waals surface area contributed by atoms with Gasteiger partial charge in [0.2, 0.25) is 6.10 Å². The molecule has 0 unspecified atom stereocenters. The lowest BCUT2D eigenvalue weighted by molar-refractivity contribution is -0.125. The Morgan fingerprint density at radius 1 is 1.09 bits per heavy atom. The lowest BCUT2D eigenvalue weighted by Gasteiger charge is -2.18. The molecule has 2 aromatic carbocycles. The molecule has 1 atom stereocenters. The number of carbonyl (C=O) groups excluding carboxylic acids is 2. The molecule has 8 heteroatoms. The molecule has 8 nitrogen and oxygen atoms in total. The second-order valence-corrected chi connectivity index (χ2v) is 6.81. The predicted octanol–water partition coefficient (Wildman–Crippen LogP) is 4.57. The zero-order chi connectivity index (χ0) is 23.1. The molecule has 3 rings (SSSR count). The van der Waals surface area contributed by atoms with Crippen molar-refractivity contribution >= 4 is 23.8 Å². The Morgan fingerprint density at radius 3 is 2.44 bits per heavy atom. The molecule has 0 fully saturated rings. The van der Waals surface area contributed by atoms with Gasteiger partial charge >= 0.3 is 5.97 Å². The Morgan fingerprint density at radius 2 is 1.84 bits per heavy atom. The van der Waals surface area contributed by atoms with Gasteiger partial charge in [0.15, 0.2) is 17.3 Å². The number of allylic oxidation sites excluding steroid dienone is 1. The number of esters is 1. The summed E-state index contributed by atoms with van der Waals surface area (Å²) < 4.78 is 21.4. The first-order valence-corrected chi connectivity index (χ1v) is 9.85. The van der Waals surface area contributed by atoms with Crippen molar-refractivity contribution < 1.29 is 28.3 Å². The summed E-state index contributed by atoms with van der Waals surface area (Å²) in [4.78, 5) is 26.0. The molecule has 3 aromatic rings. The van der Waals surface area contributed by atoms with Crippen molar-refractivity contribution in [2.45, 2.75) is 20.0 Å². The molecule has 0 aliphatic rings. The fraction of sp³-hybridized carbons (Fsp3) is 0.208. The number of hydrogen-bond donors (Lipinski definition) is 1. The smallest absolute Gasteiger partial charge is 0.339 e. The zero-order valence-electron chi connectivity index (χ0n) is 18.2. The molecule has 1 heterocycles. The standard InChI is InChI=1S/C24H24N2O6/c1-5-9-17-13-18(14-19(29-3)21(17)30-4)24(28)31-22(16-10-7-6-8-11-16)23(27)25-20-12-15(2)32-26-20/h5-14,22H,1-4H3,(H,25,26,27)/b9-5-/t22-/m1/s1.